The van der Waals surface area contributed by atoms with Crippen LogP contribution in [0.25, 0.3) is 0 Å². The summed E-state index contributed by atoms with van der Waals surface area (Å²) in [5.41, 5.74) is 21.7. The third-order valence-electron chi connectivity index (χ3n) is 4.46. The van der Waals surface area contributed by atoms with Gasteiger partial charge in [-0.15, -0.1) is 10.2 Å². The Kier molecular flexibility index (Phi) is 18.1. The number of nitrogens with zero attached hydrogens (tertiary/aromatic N) is 4. The Balaban J connectivity index is 3.72. The van der Waals surface area contributed by atoms with Crippen LogP contribution in [0, 0.1) is 0 Å². The van der Waals surface area contributed by atoms with Crippen molar-refractivity contribution in [1.29, 1.82) is 0 Å². The van der Waals surface area contributed by atoms with Gasteiger partial charge in [-0.1, -0.05) is 90.4 Å². The molecule has 0 radical (unpaired) electrons. The van der Waals surface area contributed by atoms with Crippen molar-refractivity contribution in [2.24, 2.45) is 43.3 Å². The first-order chi connectivity index (χ1) is 13.6. The second kappa shape index (κ2) is 19.6. The van der Waals surface area contributed by atoms with Crippen molar-refractivity contribution in [2.45, 2.75) is 103 Å². The summed E-state index contributed by atoms with van der Waals surface area (Å²) >= 11 is 0. The van der Waals surface area contributed by atoms with Crippen LogP contribution >= 0.6 is 0 Å². The zero-order chi connectivity index (χ0) is 20.9. The molecule has 0 aliphatic rings. The van der Waals surface area contributed by atoms with Crippen molar-refractivity contribution >= 4 is 23.8 Å². The Morgan fingerprint density at radius 1 is 0.571 bits per heavy atom. The first-order valence-electron chi connectivity index (χ1n) is 10.8. The average molecular weight is 395 g/mol. The van der Waals surface area contributed by atoms with Crippen LogP contribution in [0.1, 0.15) is 103 Å². The maximum absolute atomic E-state index is 5.31. The molecule has 0 saturated heterocycles. The Bertz CT molecular complexity index is 475. The van der Waals surface area contributed by atoms with E-state index in [-0.39, 0.29) is 11.9 Å². The van der Waals surface area contributed by atoms with Gasteiger partial charge >= 0.3 is 0 Å². The molecule has 8 heteroatoms. The van der Waals surface area contributed by atoms with Crippen LogP contribution in [0.4, 0.5) is 0 Å². The molecule has 0 aliphatic heterocycles. The molecule has 0 unspecified atom stereocenters. The van der Waals surface area contributed by atoms with Gasteiger partial charge in [-0.3, -0.25) is 0 Å². The zero-order valence-electron chi connectivity index (χ0n) is 17.8. The molecule has 0 rings (SSSR count). The number of nitrogens with two attached hydrogens (primary N) is 4. The van der Waals surface area contributed by atoms with Gasteiger partial charge in [0.05, 0.1) is 11.9 Å². The van der Waals surface area contributed by atoms with Gasteiger partial charge in [-0.2, -0.15) is 10.2 Å². The average Bonchev–Trinajstić information content (AvgIpc) is 2.65. The molecule has 8 N–H and O–H groups in total. The molecule has 0 heterocycles. The Morgan fingerprint density at radius 2 is 1.00 bits per heavy atom. The van der Waals surface area contributed by atoms with Gasteiger partial charge in [-0.25, -0.2) is 0 Å². The number of unbranched alkanes of at least 4 members (excludes halogenated alkanes) is 13. The molecule has 0 aromatic rings. The fraction of sp³-hybridized carbons (Fsp3) is 0.800. The second-order valence-electron chi connectivity index (χ2n) is 7.23. The van der Waals surface area contributed by atoms with E-state index in [4.69, 9.17) is 22.9 Å². The van der Waals surface area contributed by atoms with Crippen molar-refractivity contribution in [3.8, 4) is 0 Å². The minimum absolute atomic E-state index is 0.0892. The summed E-state index contributed by atoms with van der Waals surface area (Å²) in [5, 5.41) is 15.0. The molecule has 0 spiro atoms. The van der Waals surface area contributed by atoms with E-state index in [2.05, 4.69) is 27.3 Å². The van der Waals surface area contributed by atoms with Crippen LogP contribution in [-0.4, -0.2) is 23.8 Å². The molecule has 0 bridgehead atoms. The van der Waals surface area contributed by atoms with Gasteiger partial charge in [0, 0.05) is 0 Å². The summed E-state index contributed by atoms with van der Waals surface area (Å²) in [6.07, 6.45) is 20.7. The minimum Gasteiger partial charge on any atom is -0.369 e. The van der Waals surface area contributed by atoms with Crippen LogP contribution in [-0.2, 0) is 0 Å². The molecule has 28 heavy (non-hydrogen) atoms. The molecule has 0 amide bonds. The standard InChI is InChI=1S/C20H42N8/c1-2-3-4-5-6-7-8-9-10-11-12-13-14-15-16-18(26-28-20(23)24)17-25-27-19(21)22/h17H,2-16H2,1H3,(H4,21,22,27)(H4,23,24,28). The molecular formula is C20H42N8. The first kappa shape index (κ1) is 25.9. The second-order valence-corrected chi connectivity index (χ2v) is 7.23. The smallest absolute Gasteiger partial charge is 0.211 e. The van der Waals surface area contributed by atoms with Gasteiger partial charge < -0.3 is 22.9 Å². The molecule has 0 atom stereocenters. The third-order valence-corrected chi connectivity index (χ3v) is 4.46. The van der Waals surface area contributed by atoms with E-state index in [1.165, 1.54) is 83.3 Å². The Morgan fingerprint density at radius 3 is 1.43 bits per heavy atom. The quantitative estimate of drug-likeness (QED) is 0.121. The van der Waals surface area contributed by atoms with Gasteiger partial charge in [0.1, 0.15) is 0 Å². The lowest BCUT2D eigenvalue weighted by molar-refractivity contribution is 0.537. The number of hydrogen-bond acceptors (Lipinski definition) is 4. The molecular weight excluding hydrogens is 352 g/mol. The van der Waals surface area contributed by atoms with E-state index in [1.807, 2.05) is 0 Å². The third kappa shape index (κ3) is 20.2. The minimum atomic E-state index is -0.103. The van der Waals surface area contributed by atoms with Crippen LogP contribution in [0.2, 0.25) is 0 Å². The highest BCUT2D eigenvalue weighted by Crippen LogP contribution is 2.13. The van der Waals surface area contributed by atoms with Crippen LogP contribution in [0.15, 0.2) is 20.4 Å². The van der Waals surface area contributed by atoms with Crippen molar-refractivity contribution in [3.63, 3.8) is 0 Å². The fourth-order valence-electron chi connectivity index (χ4n) is 2.93. The Hall–Kier alpha value is -2.12. The summed E-state index contributed by atoms with van der Waals surface area (Å²) < 4.78 is 0. The molecule has 0 aromatic heterocycles. The zero-order valence-corrected chi connectivity index (χ0v) is 17.8. The normalized spacial score (nSPS) is 11.7. The summed E-state index contributed by atoms with van der Waals surface area (Å²) in [7, 11) is 0. The van der Waals surface area contributed by atoms with E-state index in [0.717, 1.165) is 19.3 Å². The predicted octanol–water partition coefficient (Wildman–Crippen LogP) is 3.75. The maximum atomic E-state index is 5.31. The molecule has 0 aromatic carbocycles. The lowest BCUT2D eigenvalue weighted by atomic mass is 10.0. The molecule has 0 saturated carbocycles. The SMILES string of the molecule is CCCCCCCCCCCCCCCCC(C=NN=C(N)N)=NN=C(N)N. The lowest BCUT2D eigenvalue weighted by Gasteiger charge is -2.03. The topological polar surface area (TPSA) is 154 Å². The van der Waals surface area contributed by atoms with E-state index in [0.29, 0.717) is 5.71 Å². The molecule has 8 nitrogen and oxygen atoms in total. The van der Waals surface area contributed by atoms with Crippen molar-refractivity contribution in [1.82, 2.24) is 0 Å². The highest BCUT2D eigenvalue weighted by molar-refractivity contribution is 6.30. The largest absolute Gasteiger partial charge is 0.369 e. The van der Waals surface area contributed by atoms with E-state index < -0.39 is 0 Å². The van der Waals surface area contributed by atoms with Crippen LogP contribution in [0.5, 0.6) is 0 Å². The van der Waals surface area contributed by atoms with Gasteiger partial charge in [-0.05, 0) is 12.8 Å². The molecule has 162 valence electrons. The van der Waals surface area contributed by atoms with Crippen molar-refractivity contribution < 1.29 is 0 Å². The summed E-state index contributed by atoms with van der Waals surface area (Å²) in [4.78, 5) is 0. The van der Waals surface area contributed by atoms with Gasteiger partial charge in [0.25, 0.3) is 0 Å². The van der Waals surface area contributed by atoms with E-state index in [9.17, 15) is 0 Å². The van der Waals surface area contributed by atoms with E-state index in [1.54, 1.807) is 0 Å². The molecule has 0 fully saturated rings. The number of hydrogen-bond donors (Lipinski definition) is 4. The first-order valence-corrected chi connectivity index (χ1v) is 10.8. The van der Waals surface area contributed by atoms with Crippen LogP contribution < -0.4 is 22.9 Å². The van der Waals surface area contributed by atoms with Crippen LogP contribution in [0.3, 0.4) is 0 Å². The van der Waals surface area contributed by atoms with Gasteiger partial charge in [0.15, 0.2) is 0 Å². The van der Waals surface area contributed by atoms with Crippen molar-refractivity contribution in [2.75, 3.05) is 0 Å². The fourth-order valence-corrected chi connectivity index (χ4v) is 2.93. The highest BCUT2D eigenvalue weighted by atomic mass is 15.3. The lowest BCUT2D eigenvalue weighted by Crippen LogP contribution is -2.22. The monoisotopic (exact) mass is 394 g/mol. The number of rotatable bonds is 18. The summed E-state index contributed by atoms with van der Waals surface area (Å²) in [6, 6.07) is 0. The summed E-state index contributed by atoms with van der Waals surface area (Å²) in [6.45, 7) is 2.27. The Labute approximate surface area is 171 Å². The van der Waals surface area contributed by atoms with E-state index >= 15 is 0 Å². The highest BCUT2D eigenvalue weighted by Gasteiger charge is 1.98. The number of guanidine groups is 2. The predicted molar refractivity (Wildman–Crippen MR) is 122 cm³/mol. The summed E-state index contributed by atoms with van der Waals surface area (Å²) in [5.74, 6) is -0.192. The van der Waals surface area contributed by atoms with Gasteiger partial charge in [0.2, 0.25) is 11.9 Å². The maximum Gasteiger partial charge on any atom is 0.211 e. The molecule has 0 aliphatic carbocycles. The van der Waals surface area contributed by atoms with Crippen molar-refractivity contribution in [3.05, 3.63) is 0 Å².